The number of rotatable bonds is 4. The van der Waals surface area contributed by atoms with Crippen LogP contribution in [0, 0.1) is 6.92 Å². The van der Waals surface area contributed by atoms with E-state index >= 15 is 0 Å². The van der Waals surface area contributed by atoms with E-state index in [-0.39, 0.29) is 12.3 Å². The summed E-state index contributed by atoms with van der Waals surface area (Å²) >= 11 is 1.38. The molecule has 0 saturated carbocycles. The van der Waals surface area contributed by atoms with Crippen molar-refractivity contribution in [3.63, 3.8) is 0 Å². The molecule has 1 N–H and O–H groups in total. The molecule has 7 nitrogen and oxygen atoms in total. The van der Waals surface area contributed by atoms with E-state index in [1.54, 1.807) is 14.0 Å². The molecule has 108 valence electrons. The number of fused-ring (bicyclic) bond motifs is 1. The van der Waals surface area contributed by atoms with E-state index in [2.05, 4.69) is 20.4 Å². The fourth-order valence-electron chi connectivity index (χ4n) is 1.81. The second-order valence-electron chi connectivity index (χ2n) is 4.31. The van der Waals surface area contributed by atoms with Gasteiger partial charge in [-0.2, -0.15) is 4.98 Å². The van der Waals surface area contributed by atoms with Gasteiger partial charge in [-0.05, 0) is 18.2 Å². The highest BCUT2D eigenvalue weighted by molar-refractivity contribution is 7.22. The summed E-state index contributed by atoms with van der Waals surface area (Å²) < 4.78 is 10.9. The number of anilines is 1. The standard InChI is InChI=1S/C13H12N4O3S/c1-7-14-11(17-20-7)6-12(18)16-13-15-9-4-3-8(19-2)5-10(9)21-13/h3-5H,6H2,1-2H3,(H,15,16,18). The lowest BCUT2D eigenvalue weighted by atomic mass is 10.3. The summed E-state index contributed by atoms with van der Waals surface area (Å²) in [4.78, 5) is 20.2. The number of nitrogens with one attached hydrogen (secondary N) is 1. The number of ether oxygens (including phenoxy) is 1. The predicted molar refractivity (Wildman–Crippen MR) is 77.5 cm³/mol. The molecule has 2 heterocycles. The topological polar surface area (TPSA) is 90.1 Å². The third-order valence-corrected chi connectivity index (χ3v) is 3.66. The van der Waals surface area contributed by atoms with Crippen molar-refractivity contribution >= 4 is 32.6 Å². The minimum absolute atomic E-state index is 0.0522. The molecule has 0 aliphatic carbocycles. The van der Waals surface area contributed by atoms with Gasteiger partial charge in [-0.25, -0.2) is 4.98 Å². The number of nitrogens with zero attached hydrogens (tertiary/aromatic N) is 3. The molecule has 8 heteroatoms. The van der Waals surface area contributed by atoms with Crippen LogP contribution in [0.5, 0.6) is 5.75 Å². The van der Waals surface area contributed by atoms with Crippen LogP contribution in [-0.2, 0) is 11.2 Å². The largest absolute Gasteiger partial charge is 0.497 e. The van der Waals surface area contributed by atoms with Crippen LogP contribution in [0.15, 0.2) is 22.7 Å². The Kier molecular flexibility index (Phi) is 3.53. The Hall–Kier alpha value is -2.48. The summed E-state index contributed by atoms with van der Waals surface area (Å²) in [6.45, 7) is 1.68. The quantitative estimate of drug-likeness (QED) is 0.794. The van der Waals surface area contributed by atoms with Gasteiger partial charge in [0.2, 0.25) is 11.8 Å². The van der Waals surface area contributed by atoms with Crippen molar-refractivity contribution in [2.75, 3.05) is 12.4 Å². The SMILES string of the molecule is COc1ccc2nc(NC(=O)Cc3noc(C)n3)sc2c1. The Morgan fingerprint density at radius 3 is 3.00 bits per heavy atom. The Morgan fingerprint density at radius 1 is 1.43 bits per heavy atom. The predicted octanol–water partition coefficient (Wildman–Crippen LogP) is 2.18. The van der Waals surface area contributed by atoms with Crippen LogP contribution >= 0.6 is 11.3 Å². The summed E-state index contributed by atoms with van der Waals surface area (Å²) in [5.41, 5.74) is 0.812. The molecule has 0 aliphatic rings. The first kappa shape index (κ1) is 13.5. The van der Waals surface area contributed by atoms with E-state index in [1.165, 1.54) is 11.3 Å². The molecule has 3 aromatic rings. The van der Waals surface area contributed by atoms with Crippen LogP contribution in [0.2, 0.25) is 0 Å². The number of aryl methyl sites for hydroxylation is 1. The molecule has 2 aromatic heterocycles. The zero-order chi connectivity index (χ0) is 14.8. The number of benzene rings is 1. The van der Waals surface area contributed by atoms with Gasteiger partial charge in [0.15, 0.2) is 11.0 Å². The van der Waals surface area contributed by atoms with Crippen LogP contribution in [0.3, 0.4) is 0 Å². The number of carbonyl (C=O) groups is 1. The molecule has 0 atom stereocenters. The minimum atomic E-state index is -0.234. The summed E-state index contributed by atoms with van der Waals surface area (Å²) in [5, 5.41) is 6.95. The van der Waals surface area contributed by atoms with Gasteiger partial charge in [-0.15, -0.1) is 0 Å². The van der Waals surface area contributed by atoms with Crippen LogP contribution < -0.4 is 10.1 Å². The average molecular weight is 304 g/mol. The number of amides is 1. The Balaban J connectivity index is 1.73. The summed E-state index contributed by atoms with van der Waals surface area (Å²) in [5.74, 6) is 1.31. The molecule has 1 aromatic carbocycles. The zero-order valence-electron chi connectivity index (χ0n) is 11.4. The number of methoxy groups -OCH3 is 1. The lowest BCUT2D eigenvalue weighted by molar-refractivity contribution is -0.115. The molecule has 0 unspecified atom stereocenters. The fraction of sp³-hybridized carbons (Fsp3) is 0.231. The van der Waals surface area contributed by atoms with Gasteiger partial charge in [0, 0.05) is 6.92 Å². The third-order valence-electron chi connectivity index (χ3n) is 2.73. The fourth-order valence-corrected chi connectivity index (χ4v) is 2.72. The van der Waals surface area contributed by atoms with E-state index in [4.69, 9.17) is 9.26 Å². The maximum absolute atomic E-state index is 11.9. The number of thiazole rings is 1. The lowest BCUT2D eigenvalue weighted by Crippen LogP contribution is -2.14. The van der Waals surface area contributed by atoms with Crippen molar-refractivity contribution in [1.82, 2.24) is 15.1 Å². The van der Waals surface area contributed by atoms with Crippen molar-refractivity contribution in [2.45, 2.75) is 13.3 Å². The van der Waals surface area contributed by atoms with Crippen LogP contribution in [0.4, 0.5) is 5.13 Å². The molecule has 0 radical (unpaired) electrons. The van der Waals surface area contributed by atoms with Crippen molar-refractivity contribution in [3.8, 4) is 5.75 Å². The van der Waals surface area contributed by atoms with Crippen LogP contribution in [-0.4, -0.2) is 28.1 Å². The van der Waals surface area contributed by atoms with Crippen molar-refractivity contribution in [3.05, 3.63) is 29.9 Å². The highest BCUT2D eigenvalue weighted by Crippen LogP contribution is 2.29. The van der Waals surface area contributed by atoms with Gasteiger partial charge in [-0.3, -0.25) is 4.79 Å². The molecule has 21 heavy (non-hydrogen) atoms. The molecule has 0 bridgehead atoms. The normalized spacial score (nSPS) is 10.8. The molecular formula is C13H12N4O3S. The molecule has 0 spiro atoms. The highest BCUT2D eigenvalue weighted by atomic mass is 32.1. The molecule has 1 amide bonds. The van der Waals surface area contributed by atoms with Gasteiger partial charge in [-0.1, -0.05) is 16.5 Å². The third kappa shape index (κ3) is 3.00. The van der Waals surface area contributed by atoms with E-state index in [0.29, 0.717) is 16.8 Å². The number of aromatic nitrogens is 3. The van der Waals surface area contributed by atoms with Crippen molar-refractivity contribution in [2.24, 2.45) is 0 Å². The summed E-state index contributed by atoms with van der Waals surface area (Å²) in [6, 6.07) is 5.56. The average Bonchev–Trinajstić information content (AvgIpc) is 3.03. The Morgan fingerprint density at radius 2 is 2.29 bits per heavy atom. The smallest absolute Gasteiger partial charge is 0.233 e. The number of hydrogen-bond donors (Lipinski definition) is 1. The maximum atomic E-state index is 11.9. The summed E-state index contributed by atoms with van der Waals surface area (Å²) in [6.07, 6.45) is 0.0522. The van der Waals surface area contributed by atoms with Gasteiger partial charge in [0.1, 0.15) is 5.75 Å². The number of hydrogen-bond acceptors (Lipinski definition) is 7. The second-order valence-corrected chi connectivity index (χ2v) is 5.34. The first-order chi connectivity index (χ1) is 10.1. The van der Waals surface area contributed by atoms with Gasteiger partial charge in [0.25, 0.3) is 0 Å². The monoisotopic (exact) mass is 304 g/mol. The molecule has 0 aliphatic heterocycles. The second kappa shape index (κ2) is 5.49. The maximum Gasteiger partial charge on any atom is 0.233 e. The minimum Gasteiger partial charge on any atom is -0.497 e. The van der Waals surface area contributed by atoms with E-state index in [9.17, 15) is 4.79 Å². The molecular weight excluding hydrogens is 292 g/mol. The highest BCUT2D eigenvalue weighted by Gasteiger charge is 2.12. The van der Waals surface area contributed by atoms with Crippen LogP contribution in [0.25, 0.3) is 10.2 Å². The zero-order valence-corrected chi connectivity index (χ0v) is 12.2. The van der Waals surface area contributed by atoms with Crippen molar-refractivity contribution < 1.29 is 14.1 Å². The molecule has 3 rings (SSSR count). The molecule has 0 fully saturated rings. The first-order valence-corrected chi connectivity index (χ1v) is 6.99. The first-order valence-electron chi connectivity index (χ1n) is 6.17. The van der Waals surface area contributed by atoms with Crippen molar-refractivity contribution in [1.29, 1.82) is 0 Å². The Labute approximate surface area is 123 Å². The molecule has 0 saturated heterocycles. The van der Waals surface area contributed by atoms with E-state index < -0.39 is 0 Å². The van der Waals surface area contributed by atoms with Gasteiger partial charge < -0.3 is 14.6 Å². The van der Waals surface area contributed by atoms with E-state index in [1.807, 2.05) is 18.2 Å². The van der Waals surface area contributed by atoms with Gasteiger partial charge in [0.05, 0.1) is 23.7 Å². The Bertz CT molecular complexity index is 796. The number of carbonyl (C=O) groups excluding carboxylic acids is 1. The summed E-state index contributed by atoms with van der Waals surface area (Å²) in [7, 11) is 1.61. The van der Waals surface area contributed by atoms with Crippen LogP contribution in [0.1, 0.15) is 11.7 Å². The van der Waals surface area contributed by atoms with Gasteiger partial charge >= 0.3 is 0 Å². The lowest BCUT2D eigenvalue weighted by Gasteiger charge is -1.97. The van der Waals surface area contributed by atoms with E-state index in [0.717, 1.165) is 16.0 Å².